The number of nitrogens with two attached hydrogens (primary N) is 1. The minimum absolute atomic E-state index is 0. The van der Waals surface area contributed by atoms with Gasteiger partial charge in [-0.2, -0.15) is 19.9 Å². The number of hydrogen-bond donors (Lipinski definition) is 7. The van der Waals surface area contributed by atoms with Crippen LogP contribution < -0.4 is 64.8 Å². The SMILES string of the molecule is C.C.CN(c1ncnc2[nH]ccc12)C1C[C@H]2CNC[C@H]2C1.COc1nsc(CC(=O)Oc2ccccc2)n1.COc1nsc(N)n1.COc1nsc(NC(=O)N2C[C@H]3CC(N(C)c4ncnc5[nH]ccc45)C[C@H]3C2)n1.COc1nsc(NC(=O)N2C[C@H]3CC(N(C)c4ncnc5[nH]ccc45)C[C@H]3C2)n1.Cl.O=C(Cl)Oc1ccccc1. The van der Waals surface area contributed by atoms with Gasteiger partial charge >= 0.3 is 47.5 Å². The van der Waals surface area contributed by atoms with E-state index in [1.54, 1.807) is 67.5 Å². The Bertz CT molecular complexity index is 4880. The monoisotopic (exact) mass is 1690 g/mol. The molecular weight excluding hydrogens is 1600 g/mol. The average molecular weight is 1690 g/mol. The maximum Gasteiger partial charge on any atom is 0.409 e. The van der Waals surface area contributed by atoms with Crippen molar-refractivity contribution in [2.24, 2.45) is 35.5 Å². The van der Waals surface area contributed by atoms with Gasteiger partial charge in [-0.3, -0.25) is 15.4 Å². The Morgan fingerprint density at radius 2 is 0.843 bits per heavy atom. The summed E-state index contributed by atoms with van der Waals surface area (Å²) in [4.78, 5) is 109. The van der Waals surface area contributed by atoms with E-state index in [0.29, 0.717) is 79.7 Å². The molecule has 12 aromatic rings. The van der Waals surface area contributed by atoms with E-state index in [0.717, 1.165) is 160 Å². The van der Waals surface area contributed by atoms with E-state index in [-0.39, 0.29) is 69.7 Å². The summed E-state index contributed by atoms with van der Waals surface area (Å²) in [6, 6.07) is 26.0. The number of anilines is 6. The maximum absolute atomic E-state index is 12.6. The van der Waals surface area contributed by atoms with Gasteiger partial charge in [0.25, 0.3) is 0 Å². The number of nitrogens with zero attached hydrogens (tertiary/aromatic N) is 19. The van der Waals surface area contributed by atoms with Crippen LogP contribution in [-0.4, -0.2) is 223 Å². The summed E-state index contributed by atoms with van der Waals surface area (Å²) >= 11 is 9.44. The van der Waals surface area contributed by atoms with Crippen molar-refractivity contribution >= 4 is 160 Å². The van der Waals surface area contributed by atoms with Crippen molar-refractivity contribution < 1.29 is 47.6 Å². The van der Waals surface area contributed by atoms with Gasteiger partial charge in [-0.25, -0.2) is 44.3 Å². The molecule has 0 radical (unpaired) electrons. The largest absolute Gasteiger partial charge is 0.466 e. The van der Waals surface area contributed by atoms with Crippen LogP contribution in [0.4, 0.5) is 47.2 Å². The molecule has 3 saturated carbocycles. The van der Waals surface area contributed by atoms with Crippen molar-refractivity contribution in [3.8, 4) is 35.5 Å². The first-order valence-corrected chi connectivity index (χ1v) is 39.2. The molecule has 0 bridgehead atoms. The molecule has 18 rings (SSSR count). The number of aromatic amines is 3. The lowest BCUT2D eigenvalue weighted by Crippen LogP contribution is -2.36. The topological polar surface area (TPSA) is 430 Å². The van der Waals surface area contributed by atoms with Crippen molar-refractivity contribution in [3.05, 3.63) is 121 Å². The van der Waals surface area contributed by atoms with E-state index in [4.69, 9.17) is 36.3 Å². The zero-order chi connectivity index (χ0) is 78.2. The number of likely N-dealkylation sites (tertiary alicyclic amines) is 2. The summed E-state index contributed by atoms with van der Waals surface area (Å²) < 4.78 is 44.7. The van der Waals surface area contributed by atoms with E-state index in [9.17, 15) is 19.2 Å². The van der Waals surface area contributed by atoms with Gasteiger partial charge in [0, 0.05) is 130 Å². The fraction of sp³-hybridized carbons (Fsp3) is 0.425. The standard InChI is InChI=1S/2C18H22N8O2S.C14H19N5.C11H10N2O3S.C7H5ClO2.C3H5N3OS.2CH4.ClH/c2*1-25(15-13-3-4-19-14(13)20-9-21-15)12-5-10-7-26(8-11(10)6-12)18(27)23-17-22-16(28-2)24-29-17;1-19(11-4-9-6-15-7-10(9)5-11)14-12-2-3-16-13(12)17-8-18-14;1-15-11-12-9(17-13-11)7-10(14)16-8-5-3-2-4-6-8;8-7(9)10-6-4-2-1-3-5-6;1-7-3-5-2(4)8-6-3;;;/h2*3-4,9-12H,5-8H2,1-2H3,(H,19,20,21)(H,22,23,24,27);2-3,8-11,15H,4-7H2,1H3,(H,16,17,18);2-6H,7H2,1H3;1-5H;1H3,(H2,4,5,6);2*1H4;1H/t2*10-,11+,12?;9-,10+,11?;;;;;;. The lowest BCUT2D eigenvalue weighted by atomic mass is 10.0. The van der Waals surface area contributed by atoms with Gasteiger partial charge in [0.2, 0.25) is 15.4 Å². The Balaban J connectivity index is 0.000000152. The van der Waals surface area contributed by atoms with Gasteiger partial charge in [0.05, 0.1) is 51.0 Å². The molecule has 13 heterocycles. The molecule has 9 atom stereocenters. The predicted octanol–water partition coefficient (Wildman–Crippen LogP) is 11.7. The van der Waals surface area contributed by atoms with Crippen molar-refractivity contribution in [2.75, 3.05) is 120 Å². The average Bonchev–Trinajstić information content (AvgIpc) is 1.65. The fourth-order valence-electron chi connectivity index (χ4n) is 15.0. The lowest BCUT2D eigenvalue weighted by Gasteiger charge is -2.27. The van der Waals surface area contributed by atoms with Crippen LogP contribution in [0.5, 0.6) is 35.5 Å². The molecular formula is C73H92Cl2N26O10S4. The van der Waals surface area contributed by atoms with Gasteiger partial charge in [-0.1, -0.05) is 51.3 Å². The summed E-state index contributed by atoms with van der Waals surface area (Å²) in [7, 11) is 12.4. The summed E-state index contributed by atoms with van der Waals surface area (Å²) in [6.07, 6.45) is 17.4. The second-order valence-electron chi connectivity index (χ2n) is 27.0. The van der Waals surface area contributed by atoms with Gasteiger partial charge < -0.3 is 78.9 Å². The van der Waals surface area contributed by atoms with E-state index >= 15 is 0 Å². The van der Waals surface area contributed by atoms with Crippen LogP contribution in [0.15, 0.2) is 116 Å². The number of methoxy groups -OCH3 is 4. The highest BCUT2D eigenvalue weighted by Crippen LogP contribution is 2.44. The highest BCUT2D eigenvalue weighted by atomic mass is 35.5. The van der Waals surface area contributed by atoms with Crippen LogP contribution in [0.3, 0.4) is 0 Å². The zero-order valence-electron chi connectivity index (χ0n) is 62.4. The number of fused-ring (bicyclic) bond motifs is 6. The molecule has 10 aromatic heterocycles. The number of hydrogen-bond acceptors (Lipinski definition) is 33. The molecule has 42 heteroatoms. The summed E-state index contributed by atoms with van der Waals surface area (Å²) in [6.45, 7) is 5.44. The Morgan fingerprint density at radius 3 is 1.19 bits per heavy atom. The second-order valence-corrected chi connectivity index (χ2v) is 30.4. The van der Waals surface area contributed by atoms with Crippen LogP contribution in [0.1, 0.15) is 58.4 Å². The van der Waals surface area contributed by atoms with Gasteiger partial charge in [-0.05, 0) is 141 Å². The Morgan fingerprint density at radius 1 is 0.487 bits per heavy atom. The third-order valence-electron chi connectivity index (χ3n) is 20.4. The first-order chi connectivity index (χ1) is 54.5. The van der Waals surface area contributed by atoms with Crippen LogP contribution in [0.2, 0.25) is 0 Å². The number of H-pyrrole nitrogens is 3. The quantitative estimate of drug-likeness (QED) is 0.0268. The number of benzene rings is 2. The number of nitrogens with one attached hydrogen (secondary N) is 6. The number of rotatable bonds is 16. The molecule has 612 valence electrons. The first-order valence-electron chi connectivity index (χ1n) is 35.7. The van der Waals surface area contributed by atoms with Crippen molar-refractivity contribution in [3.63, 3.8) is 0 Å². The lowest BCUT2D eigenvalue weighted by molar-refractivity contribution is -0.133. The van der Waals surface area contributed by atoms with Crippen LogP contribution >= 0.6 is 70.1 Å². The predicted molar refractivity (Wildman–Crippen MR) is 446 cm³/mol. The smallest absolute Gasteiger partial charge is 0.409 e. The molecule has 6 aliphatic rings. The number of carbonyl (C=O) groups is 4. The number of nitrogen functional groups attached to an aromatic ring is 1. The highest BCUT2D eigenvalue weighted by Gasteiger charge is 2.46. The molecule has 6 fully saturated rings. The third-order valence-corrected chi connectivity index (χ3v) is 22.9. The molecule has 8 N–H and O–H groups in total. The number of esters is 1. The number of halogens is 2. The van der Waals surface area contributed by atoms with E-state index < -0.39 is 5.43 Å². The molecule has 3 unspecified atom stereocenters. The molecule has 4 amide bonds. The Kier molecular flexibility index (Phi) is 30.6. The van der Waals surface area contributed by atoms with Gasteiger partial charge in [0.1, 0.15) is 69.9 Å². The normalized spacial score (nSPS) is 19.6. The van der Waals surface area contributed by atoms with Crippen LogP contribution in [0, 0.1) is 35.5 Å². The molecule has 3 aliphatic heterocycles. The third kappa shape index (κ3) is 21.9. The Labute approximate surface area is 690 Å². The molecule has 3 saturated heterocycles. The van der Waals surface area contributed by atoms with Gasteiger partial charge in [0.15, 0.2) is 0 Å². The van der Waals surface area contributed by atoms with Crippen LogP contribution in [0.25, 0.3) is 33.1 Å². The fourth-order valence-corrected chi connectivity index (χ4v) is 17.1. The first kappa shape index (κ1) is 86.4. The number of para-hydroxylation sites is 2. The summed E-state index contributed by atoms with van der Waals surface area (Å²) in [5.74, 6) is 7.31. The molecule has 0 spiro atoms. The minimum Gasteiger partial charge on any atom is -0.466 e. The molecule has 36 nitrogen and oxygen atoms in total. The van der Waals surface area contributed by atoms with Crippen LogP contribution in [-0.2, 0) is 11.2 Å². The number of ether oxygens (including phenoxy) is 6. The Hall–Kier alpha value is -11.0. The molecule has 115 heavy (non-hydrogen) atoms. The van der Waals surface area contributed by atoms with Crippen molar-refractivity contribution in [1.82, 2.24) is 97.4 Å². The second kappa shape index (κ2) is 40.8. The molecule has 2 aromatic carbocycles. The zero-order valence-corrected chi connectivity index (χ0v) is 67.3. The van der Waals surface area contributed by atoms with E-state index in [1.165, 1.54) is 54.4 Å². The maximum atomic E-state index is 12.6. The van der Waals surface area contributed by atoms with E-state index in [1.807, 2.05) is 52.7 Å². The van der Waals surface area contributed by atoms with Gasteiger partial charge in [-0.15, -0.1) is 29.9 Å². The number of carbonyl (C=O) groups excluding carboxylic acids is 4. The van der Waals surface area contributed by atoms with Crippen molar-refractivity contribution in [1.29, 1.82) is 0 Å². The number of urea groups is 2. The summed E-state index contributed by atoms with van der Waals surface area (Å²) in [5.41, 5.74) is 7.05. The summed E-state index contributed by atoms with van der Waals surface area (Å²) in [5, 5.41) is 14.3. The molecule has 3 aliphatic carbocycles. The number of aromatic nitrogens is 17. The van der Waals surface area contributed by atoms with Crippen molar-refractivity contribution in [2.45, 2.75) is 77.9 Å². The number of amides is 4. The highest BCUT2D eigenvalue weighted by molar-refractivity contribution is 7.10. The van der Waals surface area contributed by atoms with E-state index in [2.05, 4.69) is 150 Å². The minimum atomic E-state index is -0.814.